The Morgan fingerprint density at radius 2 is 1.20 bits per heavy atom. The van der Waals surface area contributed by atoms with Crippen molar-refractivity contribution in [3.05, 3.63) is 59.7 Å². The van der Waals surface area contributed by atoms with E-state index < -0.39 is 71.4 Å². The minimum absolute atomic E-state index is 0.0779. The van der Waals surface area contributed by atoms with Gasteiger partial charge in [-0.05, 0) is 122 Å². The average molecular weight is 897 g/mol. The average Bonchev–Trinajstić information content (AvgIpc) is 3.20. The van der Waals surface area contributed by atoms with Crippen LogP contribution in [0.3, 0.4) is 0 Å². The Morgan fingerprint density at radius 3 is 1.70 bits per heavy atom. The summed E-state index contributed by atoms with van der Waals surface area (Å²) >= 11 is 0. The van der Waals surface area contributed by atoms with E-state index in [9.17, 15) is 33.9 Å². The maximum Gasteiger partial charge on any atom is 0.407 e. The number of hydrogen-bond acceptors (Lipinski definition) is 9. The Morgan fingerprint density at radius 1 is 0.672 bits per heavy atom. The Balaban J connectivity index is 2.22. The number of benzene rings is 2. The van der Waals surface area contributed by atoms with Crippen molar-refractivity contribution in [2.24, 2.45) is 5.92 Å². The van der Waals surface area contributed by atoms with Crippen LogP contribution >= 0.6 is 0 Å². The lowest BCUT2D eigenvalue weighted by atomic mass is 10.0. The van der Waals surface area contributed by atoms with Gasteiger partial charge in [-0.1, -0.05) is 75.7 Å². The number of hydrogen-bond donors (Lipinski definition) is 6. The van der Waals surface area contributed by atoms with Crippen molar-refractivity contribution < 1.29 is 48.1 Å². The van der Waals surface area contributed by atoms with Gasteiger partial charge in [0.15, 0.2) is 0 Å². The summed E-state index contributed by atoms with van der Waals surface area (Å²) in [5.41, 5.74) is 2.89. The van der Waals surface area contributed by atoms with Crippen molar-refractivity contribution in [3.8, 4) is 11.1 Å². The summed E-state index contributed by atoms with van der Waals surface area (Å²) in [7, 11) is 0. The Hall–Kier alpha value is -5.38. The lowest BCUT2D eigenvalue weighted by Crippen LogP contribution is -2.59. The molecule has 0 aliphatic heterocycles. The maximum absolute atomic E-state index is 14.2. The van der Waals surface area contributed by atoms with E-state index in [-0.39, 0.29) is 45.1 Å². The first-order valence-electron chi connectivity index (χ1n) is 22.6. The maximum atomic E-state index is 14.2. The summed E-state index contributed by atoms with van der Waals surface area (Å²) in [5.74, 6) is -2.57. The third kappa shape index (κ3) is 22.3. The molecule has 0 heterocycles. The molecular weight excluding hydrogens is 821 g/mol. The molecule has 0 fully saturated rings. The lowest BCUT2D eigenvalue weighted by molar-refractivity contribution is -0.142. The van der Waals surface area contributed by atoms with Crippen LogP contribution in [-0.2, 0) is 41.6 Å². The molecule has 6 amide bonds. The Labute approximate surface area is 380 Å². The van der Waals surface area contributed by atoms with Crippen LogP contribution in [0.1, 0.15) is 126 Å². The molecule has 0 aliphatic rings. The van der Waals surface area contributed by atoms with Gasteiger partial charge < -0.3 is 50.8 Å². The van der Waals surface area contributed by atoms with E-state index in [2.05, 4.69) is 57.8 Å². The van der Waals surface area contributed by atoms with Crippen LogP contribution in [0.15, 0.2) is 48.5 Å². The number of carbonyl (C=O) groups is 6. The molecule has 4 atom stereocenters. The van der Waals surface area contributed by atoms with Gasteiger partial charge in [0.05, 0.1) is 6.10 Å². The number of ether oxygens (including phenoxy) is 3. The highest BCUT2D eigenvalue weighted by Gasteiger charge is 2.32. The molecule has 0 saturated heterocycles. The first-order valence-corrected chi connectivity index (χ1v) is 22.6. The van der Waals surface area contributed by atoms with E-state index in [0.29, 0.717) is 19.3 Å². The minimum Gasteiger partial charge on any atom is -0.480 e. The first-order chi connectivity index (χ1) is 30.0. The summed E-state index contributed by atoms with van der Waals surface area (Å²) < 4.78 is 16.6. The molecule has 16 heteroatoms. The predicted octanol–water partition coefficient (Wildman–Crippen LogP) is 7.32. The van der Waals surface area contributed by atoms with E-state index >= 15 is 0 Å². The largest absolute Gasteiger partial charge is 0.480 e. The quantitative estimate of drug-likeness (QED) is 0.0547. The van der Waals surface area contributed by atoms with Crippen molar-refractivity contribution in [1.29, 1.82) is 0 Å². The molecule has 2 aromatic rings. The summed E-state index contributed by atoms with van der Waals surface area (Å²) in [5, 5.41) is 23.1. The fourth-order valence-corrected chi connectivity index (χ4v) is 6.26. The molecule has 0 aliphatic carbocycles. The van der Waals surface area contributed by atoms with Gasteiger partial charge in [-0.3, -0.25) is 9.59 Å². The molecule has 0 bridgehead atoms. The third-order valence-corrected chi connectivity index (χ3v) is 9.67. The minimum atomic E-state index is -1.25. The number of aryl methyl sites for hydroxylation is 1. The second kappa shape index (κ2) is 27.1. The fourth-order valence-electron chi connectivity index (χ4n) is 6.26. The number of alkyl carbamates (subject to hydrolysis) is 2. The van der Waals surface area contributed by atoms with Gasteiger partial charge in [-0.25, -0.2) is 19.2 Å². The third-order valence-electron chi connectivity index (χ3n) is 9.67. The van der Waals surface area contributed by atoms with Gasteiger partial charge in [0.2, 0.25) is 11.8 Å². The molecule has 0 spiro atoms. The summed E-state index contributed by atoms with van der Waals surface area (Å²) in [6.45, 7) is 20.8. The zero-order chi connectivity index (χ0) is 48.0. The van der Waals surface area contributed by atoms with Crippen molar-refractivity contribution in [3.63, 3.8) is 0 Å². The molecule has 6 N–H and O–H groups in total. The molecular formula is C48H76N6O10. The number of rotatable bonds is 25. The highest BCUT2D eigenvalue weighted by atomic mass is 16.6. The van der Waals surface area contributed by atoms with Crippen LogP contribution in [0.2, 0.25) is 0 Å². The van der Waals surface area contributed by atoms with Crippen molar-refractivity contribution in [1.82, 2.24) is 31.5 Å². The number of amides is 6. The fraction of sp³-hybridized carbons (Fsp3) is 0.625. The van der Waals surface area contributed by atoms with Crippen LogP contribution in [-0.4, -0.2) is 108 Å². The number of urea groups is 1. The van der Waals surface area contributed by atoms with Gasteiger partial charge in [0.25, 0.3) is 0 Å². The predicted molar refractivity (Wildman–Crippen MR) is 248 cm³/mol. The van der Waals surface area contributed by atoms with Crippen molar-refractivity contribution in [2.75, 3.05) is 26.2 Å². The first kappa shape index (κ1) is 54.8. The molecule has 2 aromatic carbocycles. The number of carboxylic acid groups (broad SMARTS) is 1. The monoisotopic (exact) mass is 897 g/mol. The molecule has 2 rings (SSSR count). The zero-order valence-electron chi connectivity index (χ0n) is 40.1. The number of nitrogens with one attached hydrogen (secondary N) is 5. The van der Waals surface area contributed by atoms with Gasteiger partial charge in [0.1, 0.15) is 29.3 Å². The molecule has 358 valence electrons. The molecule has 0 radical (unpaired) electrons. The molecule has 4 unspecified atom stereocenters. The second-order valence-electron chi connectivity index (χ2n) is 18.6. The van der Waals surface area contributed by atoms with Gasteiger partial charge in [-0.2, -0.15) is 0 Å². The molecule has 0 aromatic heterocycles. The second-order valence-corrected chi connectivity index (χ2v) is 18.6. The van der Waals surface area contributed by atoms with E-state index in [1.807, 2.05) is 38.1 Å². The van der Waals surface area contributed by atoms with Gasteiger partial charge in [0, 0.05) is 32.8 Å². The van der Waals surface area contributed by atoms with Crippen LogP contribution in [0.5, 0.6) is 0 Å². The number of unbranched alkanes of at least 4 members (excludes halogenated alkanes) is 2. The van der Waals surface area contributed by atoms with Crippen molar-refractivity contribution >= 4 is 36.0 Å². The summed E-state index contributed by atoms with van der Waals surface area (Å²) in [6.07, 6.45) is 2.58. The normalized spacial score (nSPS) is 13.4. The van der Waals surface area contributed by atoms with Crippen LogP contribution < -0.4 is 26.6 Å². The highest BCUT2D eigenvalue weighted by molar-refractivity contribution is 5.93. The van der Waals surface area contributed by atoms with E-state index in [1.54, 1.807) is 53.4 Å². The lowest BCUT2D eigenvalue weighted by Gasteiger charge is -2.30. The highest BCUT2D eigenvalue weighted by Crippen LogP contribution is 2.22. The number of carboxylic acids is 1. The number of aliphatic carboxylic acids is 1. The number of nitrogens with zero attached hydrogens (tertiary/aromatic N) is 1. The van der Waals surface area contributed by atoms with E-state index in [1.165, 1.54) is 12.5 Å². The summed E-state index contributed by atoms with van der Waals surface area (Å²) in [4.78, 5) is 79.2. The number of carbonyl (C=O) groups excluding carboxylic acids is 5. The van der Waals surface area contributed by atoms with Crippen LogP contribution in [0.25, 0.3) is 11.1 Å². The van der Waals surface area contributed by atoms with Crippen LogP contribution in [0.4, 0.5) is 14.4 Å². The van der Waals surface area contributed by atoms with E-state index in [0.717, 1.165) is 36.0 Å². The van der Waals surface area contributed by atoms with Gasteiger partial charge in [-0.15, -0.1) is 0 Å². The molecule has 0 saturated carbocycles. The summed E-state index contributed by atoms with van der Waals surface area (Å²) in [6, 6.07) is 12.2. The van der Waals surface area contributed by atoms with Gasteiger partial charge >= 0.3 is 24.2 Å². The van der Waals surface area contributed by atoms with Crippen molar-refractivity contribution in [2.45, 2.75) is 163 Å². The standard InChI is InChI=1S/C48H76N6O10/c1-12-13-17-35-19-23-37(24-20-35)38-25-21-36(22-26-38)30-54(29-16-28-50-46(61)64-48(9,10)11)44(59)53-40(34(5)62-31-32(2)3)42(56)51-33(4)41(55)52-39(43(57)58)18-14-15-27-49-45(60)63-47(6,7)8/h19-26,32-34,39-40H,12-18,27-31H2,1-11H3,(H,49,60)(H,50,61)(H,51,56)(H,52,55)(H,53,59)(H,57,58). The SMILES string of the molecule is CCCCc1ccc(-c2ccc(CN(CCCNC(=O)OC(C)(C)C)C(=O)NC(C(=O)NC(C)C(=O)NC(CCCCNC(=O)OC(C)(C)C)C(=O)O)C(C)OCC(C)C)cc2)cc1. The Bertz CT molecular complexity index is 1770. The smallest absolute Gasteiger partial charge is 0.407 e. The molecule has 16 nitrogen and oxygen atoms in total. The topological polar surface area (TPSA) is 214 Å². The van der Waals surface area contributed by atoms with E-state index in [4.69, 9.17) is 14.2 Å². The Kier molecular flexibility index (Phi) is 23.2. The van der Waals surface area contributed by atoms with Crippen LogP contribution in [0, 0.1) is 5.92 Å². The zero-order valence-corrected chi connectivity index (χ0v) is 40.1. The molecule has 64 heavy (non-hydrogen) atoms.